The molecule has 1 rings (SSSR count). The molecule has 0 heterocycles. The number of nitrogens with zero attached hydrogens (tertiary/aromatic N) is 1. The van der Waals surface area contributed by atoms with Crippen molar-refractivity contribution in [2.24, 2.45) is 0 Å². The van der Waals surface area contributed by atoms with Gasteiger partial charge in [0.05, 0.1) is 6.61 Å². The van der Waals surface area contributed by atoms with Gasteiger partial charge in [0.1, 0.15) is 5.38 Å². The first-order chi connectivity index (χ1) is 5.66. The Hall–Kier alpha value is -0.280. The van der Waals surface area contributed by atoms with Crippen molar-refractivity contribution < 1.29 is 9.90 Å². The van der Waals surface area contributed by atoms with Gasteiger partial charge in [0.15, 0.2) is 0 Å². The van der Waals surface area contributed by atoms with E-state index < -0.39 is 5.38 Å². The summed E-state index contributed by atoms with van der Waals surface area (Å²) in [6.45, 7) is 2.10. The van der Waals surface area contributed by atoms with Crippen LogP contribution < -0.4 is 0 Å². The largest absolute Gasteiger partial charge is 0.395 e. The minimum atomic E-state index is -0.475. The van der Waals surface area contributed by atoms with E-state index in [-0.39, 0.29) is 12.5 Å². The van der Waals surface area contributed by atoms with E-state index in [9.17, 15) is 4.79 Å². The molecule has 70 valence electrons. The van der Waals surface area contributed by atoms with Crippen LogP contribution in [0, 0.1) is 0 Å². The first-order valence-electron chi connectivity index (χ1n) is 4.22. The van der Waals surface area contributed by atoms with Gasteiger partial charge in [-0.25, -0.2) is 0 Å². The van der Waals surface area contributed by atoms with E-state index >= 15 is 0 Å². The first kappa shape index (κ1) is 9.81. The van der Waals surface area contributed by atoms with Gasteiger partial charge in [-0.05, 0) is 19.8 Å². The molecule has 0 aromatic rings. The molecule has 1 N–H and O–H groups in total. The second-order valence-electron chi connectivity index (χ2n) is 3.10. The molecule has 3 nitrogen and oxygen atoms in total. The lowest BCUT2D eigenvalue weighted by Crippen LogP contribution is -2.39. The molecule has 0 bridgehead atoms. The number of aliphatic hydroxyl groups excluding tert-OH is 1. The quantitative estimate of drug-likeness (QED) is 0.662. The molecule has 0 aromatic carbocycles. The number of hydrogen-bond donors (Lipinski definition) is 1. The van der Waals surface area contributed by atoms with Crippen LogP contribution in [0.5, 0.6) is 0 Å². The molecule has 0 spiro atoms. The van der Waals surface area contributed by atoms with E-state index in [4.69, 9.17) is 16.7 Å². The Morgan fingerprint density at radius 1 is 1.75 bits per heavy atom. The predicted molar refractivity (Wildman–Crippen MR) is 47.1 cm³/mol. The van der Waals surface area contributed by atoms with Gasteiger partial charge in [-0.15, -0.1) is 11.6 Å². The van der Waals surface area contributed by atoms with E-state index in [2.05, 4.69) is 0 Å². The van der Waals surface area contributed by atoms with Crippen LogP contribution in [-0.4, -0.2) is 40.5 Å². The molecule has 1 saturated carbocycles. The highest BCUT2D eigenvalue weighted by Crippen LogP contribution is 2.27. The smallest absolute Gasteiger partial charge is 0.240 e. The molecule has 1 aliphatic carbocycles. The number of alkyl halides is 1. The number of carbonyl (C=O) groups is 1. The summed E-state index contributed by atoms with van der Waals surface area (Å²) in [4.78, 5) is 13.1. The Kier molecular flexibility index (Phi) is 3.35. The van der Waals surface area contributed by atoms with Crippen molar-refractivity contribution in [1.82, 2.24) is 4.90 Å². The van der Waals surface area contributed by atoms with Gasteiger partial charge in [0.2, 0.25) is 5.91 Å². The third-order valence-electron chi connectivity index (χ3n) is 1.95. The lowest BCUT2D eigenvalue weighted by Gasteiger charge is -2.22. The molecule has 1 unspecified atom stereocenters. The summed E-state index contributed by atoms with van der Waals surface area (Å²) in [5.41, 5.74) is 0. The number of aliphatic hydroxyl groups is 1. The molecular weight excluding hydrogens is 178 g/mol. The maximum Gasteiger partial charge on any atom is 0.240 e. The van der Waals surface area contributed by atoms with E-state index in [1.54, 1.807) is 11.8 Å². The van der Waals surface area contributed by atoms with Crippen LogP contribution in [0.1, 0.15) is 19.8 Å². The average molecular weight is 192 g/mol. The molecule has 1 aliphatic rings. The maximum atomic E-state index is 11.4. The van der Waals surface area contributed by atoms with Crippen LogP contribution in [-0.2, 0) is 4.79 Å². The molecule has 0 radical (unpaired) electrons. The molecule has 4 heteroatoms. The van der Waals surface area contributed by atoms with Crippen molar-refractivity contribution in [1.29, 1.82) is 0 Å². The second-order valence-corrected chi connectivity index (χ2v) is 3.76. The van der Waals surface area contributed by atoms with Crippen LogP contribution in [0.25, 0.3) is 0 Å². The molecule has 1 amide bonds. The predicted octanol–water partition coefficient (Wildman–Crippen LogP) is 0.597. The lowest BCUT2D eigenvalue weighted by atomic mass is 10.3. The monoisotopic (exact) mass is 191 g/mol. The average Bonchev–Trinajstić information content (AvgIpc) is 2.81. The molecule has 12 heavy (non-hydrogen) atoms. The van der Waals surface area contributed by atoms with Gasteiger partial charge in [-0.3, -0.25) is 4.79 Å². The Morgan fingerprint density at radius 3 is 2.67 bits per heavy atom. The molecule has 0 aliphatic heterocycles. The number of rotatable bonds is 4. The van der Waals surface area contributed by atoms with Crippen LogP contribution in [0.2, 0.25) is 0 Å². The fraction of sp³-hybridized carbons (Fsp3) is 0.875. The highest BCUT2D eigenvalue weighted by atomic mass is 35.5. The van der Waals surface area contributed by atoms with E-state index in [0.29, 0.717) is 12.6 Å². The van der Waals surface area contributed by atoms with Gasteiger partial charge >= 0.3 is 0 Å². The summed E-state index contributed by atoms with van der Waals surface area (Å²) in [6.07, 6.45) is 2.10. The van der Waals surface area contributed by atoms with Crippen molar-refractivity contribution in [2.75, 3.05) is 13.2 Å². The number of carbonyl (C=O) groups excluding carboxylic acids is 1. The zero-order valence-corrected chi connectivity index (χ0v) is 7.92. The van der Waals surface area contributed by atoms with Crippen molar-refractivity contribution >= 4 is 17.5 Å². The summed E-state index contributed by atoms with van der Waals surface area (Å²) in [5, 5.41) is 8.23. The van der Waals surface area contributed by atoms with Crippen molar-refractivity contribution in [3.8, 4) is 0 Å². The molecule has 1 fully saturated rings. The van der Waals surface area contributed by atoms with Crippen LogP contribution in [0.15, 0.2) is 0 Å². The van der Waals surface area contributed by atoms with Crippen LogP contribution in [0.4, 0.5) is 0 Å². The minimum absolute atomic E-state index is 0.0197. The Bertz CT molecular complexity index is 168. The van der Waals surface area contributed by atoms with Gasteiger partial charge in [-0.2, -0.15) is 0 Å². The van der Waals surface area contributed by atoms with Gasteiger partial charge in [0, 0.05) is 12.6 Å². The van der Waals surface area contributed by atoms with Gasteiger partial charge in [0.25, 0.3) is 0 Å². The fourth-order valence-electron chi connectivity index (χ4n) is 1.20. The molecule has 1 atom stereocenters. The van der Waals surface area contributed by atoms with Crippen LogP contribution in [0.3, 0.4) is 0 Å². The minimum Gasteiger partial charge on any atom is -0.395 e. The number of hydrogen-bond acceptors (Lipinski definition) is 2. The SMILES string of the molecule is CC(Cl)C(=O)N(CCO)C1CC1. The zero-order valence-electron chi connectivity index (χ0n) is 7.16. The highest BCUT2D eigenvalue weighted by molar-refractivity contribution is 6.30. The van der Waals surface area contributed by atoms with Crippen molar-refractivity contribution in [3.05, 3.63) is 0 Å². The first-order valence-corrected chi connectivity index (χ1v) is 4.66. The van der Waals surface area contributed by atoms with Gasteiger partial charge < -0.3 is 10.0 Å². The van der Waals surface area contributed by atoms with Crippen molar-refractivity contribution in [3.63, 3.8) is 0 Å². The second kappa shape index (κ2) is 4.10. The van der Waals surface area contributed by atoms with E-state index in [0.717, 1.165) is 12.8 Å². The van der Waals surface area contributed by atoms with Crippen LogP contribution >= 0.6 is 11.6 Å². The summed E-state index contributed by atoms with van der Waals surface area (Å²) >= 11 is 5.66. The molecule has 0 aromatic heterocycles. The number of amides is 1. The Labute approximate surface area is 77.3 Å². The Balaban J connectivity index is 2.46. The lowest BCUT2D eigenvalue weighted by molar-refractivity contribution is -0.131. The highest BCUT2D eigenvalue weighted by Gasteiger charge is 2.33. The summed E-state index contributed by atoms with van der Waals surface area (Å²) in [5.74, 6) is -0.0618. The van der Waals surface area contributed by atoms with E-state index in [1.807, 2.05) is 0 Å². The summed E-state index contributed by atoms with van der Waals surface area (Å²) in [7, 11) is 0. The fourth-order valence-corrected chi connectivity index (χ4v) is 1.32. The van der Waals surface area contributed by atoms with Gasteiger partial charge in [-0.1, -0.05) is 0 Å². The summed E-state index contributed by atoms with van der Waals surface area (Å²) in [6, 6.07) is 0.339. The Morgan fingerprint density at radius 2 is 2.33 bits per heavy atom. The topological polar surface area (TPSA) is 40.5 Å². The summed E-state index contributed by atoms with van der Waals surface area (Å²) < 4.78 is 0. The third kappa shape index (κ3) is 2.35. The van der Waals surface area contributed by atoms with E-state index in [1.165, 1.54) is 0 Å². The molecule has 0 saturated heterocycles. The van der Waals surface area contributed by atoms with Crippen molar-refractivity contribution in [2.45, 2.75) is 31.2 Å². The molecular formula is C8H14ClNO2. The normalized spacial score (nSPS) is 18.9. The number of halogens is 1. The zero-order chi connectivity index (χ0) is 9.14. The maximum absolute atomic E-state index is 11.4. The standard InChI is InChI=1S/C8H14ClNO2/c1-6(9)8(12)10(4-5-11)7-2-3-7/h6-7,11H,2-5H2,1H3. The third-order valence-corrected chi connectivity index (χ3v) is 2.14.